The number of hydrogen-bond acceptors (Lipinski definition) is 6. The molecule has 4 aromatic rings. The van der Waals surface area contributed by atoms with Crippen molar-refractivity contribution in [2.24, 2.45) is 0 Å². The molecule has 33 heavy (non-hydrogen) atoms. The summed E-state index contributed by atoms with van der Waals surface area (Å²) >= 11 is 0. The Balaban J connectivity index is 1.60. The molecule has 1 aromatic carbocycles. The van der Waals surface area contributed by atoms with Gasteiger partial charge in [-0.2, -0.15) is 5.10 Å². The van der Waals surface area contributed by atoms with Crippen molar-refractivity contribution < 1.29 is 13.5 Å². The summed E-state index contributed by atoms with van der Waals surface area (Å²) in [6, 6.07) is 7.38. The minimum atomic E-state index is -0.614. The molecule has 4 heterocycles. The zero-order chi connectivity index (χ0) is 22.9. The highest BCUT2D eigenvalue weighted by molar-refractivity contribution is 5.54. The summed E-state index contributed by atoms with van der Waals surface area (Å²) in [5, 5.41) is 11.8. The van der Waals surface area contributed by atoms with Gasteiger partial charge < -0.3 is 10.5 Å². The molecule has 3 aromatic heterocycles. The molecular weight excluding hydrogens is 428 g/mol. The fourth-order valence-corrected chi connectivity index (χ4v) is 4.21. The number of fused-ring (bicyclic) bond motifs is 1. The van der Waals surface area contributed by atoms with E-state index in [0.717, 1.165) is 41.8 Å². The second-order valence-corrected chi connectivity index (χ2v) is 8.36. The number of benzene rings is 1. The molecule has 0 radical (unpaired) electrons. The van der Waals surface area contributed by atoms with Gasteiger partial charge in [0.1, 0.15) is 17.5 Å². The second kappa shape index (κ2) is 8.87. The summed E-state index contributed by atoms with van der Waals surface area (Å²) in [7, 11) is 0. The van der Waals surface area contributed by atoms with E-state index in [-0.39, 0.29) is 6.42 Å². The number of nitrogens with one attached hydrogen (secondary N) is 1. The molecule has 10 heteroatoms. The maximum atomic E-state index is 14.5. The molecule has 5 rings (SSSR count). The molecular formula is C23H25F2N7O. The van der Waals surface area contributed by atoms with Crippen LogP contribution in [0, 0.1) is 18.6 Å². The van der Waals surface area contributed by atoms with E-state index in [2.05, 4.69) is 20.2 Å². The van der Waals surface area contributed by atoms with Gasteiger partial charge in [-0.25, -0.2) is 18.3 Å². The number of nitrogens with zero attached hydrogens (tertiary/aromatic N) is 5. The monoisotopic (exact) mass is 453 g/mol. The highest BCUT2D eigenvalue weighted by Gasteiger charge is 2.21. The standard InChI is InChI=1S/C23H25F2N7O/c1-14-8-18(29-28-14)12-20-21(9-15-2-3-17(24)11-19(15)25)32-23(27-20)16(10-22(26)30-32)13-31-4-6-33-7-5-31/h2-3,8,10-11H,4-7,9,12-13H2,1H3,(H2,26,30)(H,28,29). The summed E-state index contributed by atoms with van der Waals surface area (Å²) in [6.45, 7) is 5.60. The highest BCUT2D eigenvalue weighted by Crippen LogP contribution is 2.24. The van der Waals surface area contributed by atoms with Crippen molar-refractivity contribution in [2.45, 2.75) is 26.3 Å². The number of ether oxygens (including phenoxy) is 1. The van der Waals surface area contributed by atoms with Gasteiger partial charge in [-0.3, -0.25) is 10.00 Å². The molecule has 0 bridgehead atoms. The van der Waals surface area contributed by atoms with E-state index in [4.69, 9.17) is 15.5 Å². The van der Waals surface area contributed by atoms with E-state index >= 15 is 0 Å². The van der Waals surface area contributed by atoms with E-state index < -0.39 is 11.6 Å². The minimum Gasteiger partial charge on any atom is -0.382 e. The quantitative estimate of drug-likeness (QED) is 0.466. The van der Waals surface area contributed by atoms with Crippen molar-refractivity contribution in [3.8, 4) is 0 Å². The number of H-pyrrole nitrogens is 1. The van der Waals surface area contributed by atoms with Gasteiger partial charge in [0.05, 0.1) is 30.3 Å². The molecule has 0 spiro atoms. The van der Waals surface area contributed by atoms with E-state index in [1.807, 2.05) is 19.1 Å². The van der Waals surface area contributed by atoms with E-state index in [1.165, 1.54) is 12.1 Å². The Morgan fingerprint density at radius 3 is 2.64 bits per heavy atom. The largest absolute Gasteiger partial charge is 0.382 e. The SMILES string of the molecule is Cc1cc(Cc2nc3c(CN4CCOCC4)cc(N)nn3c2Cc2ccc(F)cc2F)n[nH]1. The summed E-state index contributed by atoms with van der Waals surface area (Å²) in [6.07, 6.45) is 0.641. The Morgan fingerprint density at radius 1 is 1.09 bits per heavy atom. The van der Waals surface area contributed by atoms with Crippen molar-refractivity contribution in [1.82, 2.24) is 29.7 Å². The highest BCUT2D eigenvalue weighted by atomic mass is 19.1. The van der Waals surface area contributed by atoms with E-state index in [9.17, 15) is 8.78 Å². The molecule has 0 atom stereocenters. The Kier molecular flexibility index (Phi) is 5.77. The lowest BCUT2D eigenvalue weighted by atomic mass is 10.1. The fraction of sp³-hybridized carbons (Fsp3) is 0.348. The van der Waals surface area contributed by atoms with Crippen LogP contribution in [0.25, 0.3) is 5.65 Å². The van der Waals surface area contributed by atoms with Gasteiger partial charge in [-0.15, -0.1) is 5.10 Å². The van der Waals surface area contributed by atoms with Crippen LogP contribution in [0.3, 0.4) is 0 Å². The maximum Gasteiger partial charge on any atom is 0.158 e. The molecule has 1 fully saturated rings. The number of imidazole rings is 1. The fourth-order valence-electron chi connectivity index (χ4n) is 4.21. The van der Waals surface area contributed by atoms with Gasteiger partial charge in [0.2, 0.25) is 0 Å². The number of aromatic amines is 1. The number of aryl methyl sites for hydroxylation is 1. The van der Waals surface area contributed by atoms with Crippen LogP contribution in [0.2, 0.25) is 0 Å². The lowest BCUT2D eigenvalue weighted by Gasteiger charge is -2.26. The average Bonchev–Trinajstić information content (AvgIpc) is 3.34. The van der Waals surface area contributed by atoms with Crippen LogP contribution >= 0.6 is 0 Å². The summed E-state index contributed by atoms with van der Waals surface area (Å²) in [5.41, 5.74) is 11.3. The Labute approximate surface area is 189 Å². The minimum absolute atomic E-state index is 0.194. The van der Waals surface area contributed by atoms with Crippen LogP contribution in [-0.4, -0.2) is 56.0 Å². The first-order valence-electron chi connectivity index (χ1n) is 10.9. The third-order valence-electron chi connectivity index (χ3n) is 5.83. The van der Waals surface area contributed by atoms with Crippen molar-refractivity contribution in [1.29, 1.82) is 0 Å². The summed E-state index contributed by atoms with van der Waals surface area (Å²) in [5.74, 6) is -0.869. The van der Waals surface area contributed by atoms with Crippen molar-refractivity contribution in [3.05, 3.63) is 75.9 Å². The van der Waals surface area contributed by atoms with Gasteiger partial charge in [0.25, 0.3) is 0 Å². The predicted octanol–water partition coefficient (Wildman–Crippen LogP) is 2.64. The van der Waals surface area contributed by atoms with Crippen LogP contribution < -0.4 is 5.73 Å². The van der Waals surface area contributed by atoms with Crippen LogP contribution in [-0.2, 0) is 24.1 Å². The zero-order valence-corrected chi connectivity index (χ0v) is 18.3. The first kappa shape index (κ1) is 21.5. The number of hydrogen-bond donors (Lipinski definition) is 2. The molecule has 0 aliphatic carbocycles. The third kappa shape index (κ3) is 4.57. The smallest absolute Gasteiger partial charge is 0.158 e. The molecule has 172 valence electrons. The Morgan fingerprint density at radius 2 is 1.91 bits per heavy atom. The Hall–Kier alpha value is -3.37. The van der Waals surface area contributed by atoms with E-state index in [0.29, 0.717) is 48.9 Å². The van der Waals surface area contributed by atoms with Gasteiger partial charge in [-0.1, -0.05) is 6.07 Å². The third-order valence-corrected chi connectivity index (χ3v) is 5.83. The number of aromatic nitrogens is 5. The summed E-state index contributed by atoms with van der Waals surface area (Å²) < 4.78 is 35.1. The predicted molar refractivity (Wildman–Crippen MR) is 119 cm³/mol. The topological polar surface area (TPSA) is 97.4 Å². The van der Waals surface area contributed by atoms with Crippen LogP contribution in [0.1, 0.15) is 33.9 Å². The van der Waals surface area contributed by atoms with Crippen LogP contribution in [0.15, 0.2) is 30.3 Å². The zero-order valence-electron chi connectivity index (χ0n) is 18.3. The normalized spacial score (nSPS) is 14.9. The molecule has 0 saturated carbocycles. The number of halogens is 2. The maximum absolute atomic E-state index is 14.5. The van der Waals surface area contributed by atoms with Crippen molar-refractivity contribution in [2.75, 3.05) is 32.0 Å². The Bertz CT molecular complexity index is 1290. The number of anilines is 1. The first-order chi connectivity index (χ1) is 16.0. The molecule has 1 aliphatic heterocycles. The number of nitrogens with two attached hydrogens (primary N) is 1. The molecule has 1 aliphatic rings. The van der Waals surface area contributed by atoms with Crippen LogP contribution in [0.4, 0.5) is 14.6 Å². The lowest BCUT2D eigenvalue weighted by Crippen LogP contribution is -2.35. The molecule has 0 unspecified atom stereocenters. The first-order valence-corrected chi connectivity index (χ1v) is 10.9. The van der Waals surface area contributed by atoms with Crippen molar-refractivity contribution in [3.63, 3.8) is 0 Å². The van der Waals surface area contributed by atoms with Crippen molar-refractivity contribution >= 4 is 11.5 Å². The van der Waals surface area contributed by atoms with Gasteiger partial charge in [0.15, 0.2) is 5.65 Å². The number of morpholine rings is 1. The molecule has 3 N–H and O–H groups in total. The number of rotatable bonds is 6. The number of nitrogen functional groups attached to an aromatic ring is 1. The van der Waals surface area contributed by atoms with Crippen LogP contribution in [0.5, 0.6) is 0 Å². The molecule has 8 nitrogen and oxygen atoms in total. The molecule has 1 saturated heterocycles. The van der Waals surface area contributed by atoms with Gasteiger partial charge >= 0.3 is 0 Å². The van der Waals surface area contributed by atoms with Gasteiger partial charge in [0, 0.05) is 49.8 Å². The average molecular weight is 453 g/mol. The van der Waals surface area contributed by atoms with E-state index in [1.54, 1.807) is 4.52 Å². The summed E-state index contributed by atoms with van der Waals surface area (Å²) in [4.78, 5) is 7.18. The lowest BCUT2D eigenvalue weighted by molar-refractivity contribution is 0.0343. The molecule has 0 amide bonds. The van der Waals surface area contributed by atoms with Gasteiger partial charge in [-0.05, 0) is 30.7 Å². The second-order valence-electron chi connectivity index (χ2n) is 8.36.